The van der Waals surface area contributed by atoms with Crippen LogP contribution in [0.15, 0.2) is 54.6 Å². The van der Waals surface area contributed by atoms with Gasteiger partial charge in [0.05, 0.1) is 16.2 Å². The van der Waals surface area contributed by atoms with Gasteiger partial charge in [0.1, 0.15) is 0 Å². The Labute approximate surface area is 146 Å². The molecule has 0 saturated carbocycles. The molecule has 2 N–H and O–H groups in total. The number of hydrogen-bond donors (Lipinski definition) is 2. The number of hydrogen-bond acceptors (Lipinski definition) is 2. The number of anilines is 1. The van der Waals surface area contributed by atoms with E-state index in [1.54, 1.807) is 48.5 Å². The molecule has 0 atom stereocenters. The minimum absolute atomic E-state index is 0.294. The number of carbonyl (C=O) groups is 2. The van der Waals surface area contributed by atoms with Crippen LogP contribution in [0.3, 0.4) is 0 Å². The summed E-state index contributed by atoms with van der Waals surface area (Å²) in [5, 5.41) is 4.36. The first kappa shape index (κ1) is 17.8. The van der Waals surface area contributed by atoms with Gasteiger partial charge in [-0.15, -0.1) is 0 Å². The fourth-order valence-electron chi connectivity index (χ4n) is 2.05. The highest BCUT2D eigenvalue weighted by Gasteiger charge is 2.29. The van der Waals surface area contributed by atoms with Gasteiger partial charge in [-0.2, -0.15) is 0 Å². The maximum atomic E-state index is 12.7. The van der Waals surface area contributed by atoms with Gasteiger partial charge in [0.2, 0.25) is 0 Å². The molecule has 0 unspecified atom stereocenters. The van der Waals surface area contributed by atoms with E-state index >= 15 is 0 Å². The van der Waals surface area contributed by atoms with Crippen LogP contribution >= 0.6 is 11.6 Å². The number of amides is 3. The average Bonchev–Trinajstić information content (AvgIpc) is 2.54. The van der Waals surface area contributed by atoms with Gasteiger partial charge in [0.15, 0.2) is 0 Å². The number of nitrogens with one attached hydrogen (secondary N) is 2. The standard InChI is InChI=1S/C18H20ClN3O2/c1-18(2,3)22(16(23)13-9-5-4-6-10-13)21-17(24)20-15-12-8-7-11-14(15)19/h4-12H,1-3H3,(H2,20,21,24). The van der Waals surface area contributed by atoms with Crippen molar-refractivity contribution < 1.29 is 9.59 Å². The molecule has 0 aliphatic rings. The number of carbonyl (C=O) groups excluding carboxylic acids is 2. The van der Waals surface area contributed by atoms with E-state index in [1.165, 1.54) is 5.01 Å². The van der Waals surface area contributed by atoms with Crippen molar-refractivity contribution >= 4 is 29.2 Å². The number of hydrazine groups is 1. The maximum absolute atomic E-state index is 12.7. The quantitative estimate of drug-likeness (QED) is 0.796. The van der Waals surface area contributed by atoms with Gasteiger partial charge in [0, 0.05) is 5.56 Å². The second kappa shape index (κ2) is 7.36. The van der Waals surface area contributed by atoms with Crippen LogP contribution in [0.1, 0.15) is 31.1 Å². The lowest BCUT2D eigenvalue weighted by Gasteiger charge is -2.35. The van der Waals surface area contributed by atoms with E-state index in [9.17, 15) is 9.59 Å². The fraction of sp³-hybridized carbons (Fsp3) is 0.222. The number of halogens is 1. The molecule has 6 heteroatoms. The second-order valence-corrected chi connectivity index (χ2v) is 6.63. The van der Waals surface area contributed by atoms with Crippen molar-refractivity contribution in [1.82, 2.24) is 10.4 Å². The van der Waals surface area contributed by atoms with Crippen LogP contribution in [0.2, 0.25) is 5.02 Å². The van der Waals surface area contributed by atoms with E-state index in [0.717, 1.165) is 0 Å². The molecule has 0 aromatic heterocycles. The third kappa shape index (κ3) is 4.49. The Morgan fingerprint density at radius 1 is 0.958 bits per heavy atom. The zero-order valence-electron chi connectivity index (χ0n) is 13.8. The van der Waals surface area contributed by atoms with Gasteiger partial charge in [0.25, 0.3) is 5.91 Å². The molecule has 2 aromatic rings. The van der Waals surface area contributed by atoms with E-state index < -0.39 is 11.6 Å². The van der Waals surface area contributed by atoms with Gasteiger partial charge in [-0.25, -0.2) is 15.2 Å². The Bertz CT molecular complexity index is 727. The lowest BCUT2D eigenvalue weighted by atomic mass is 10.1. The Kier molecular flexibility index (Phi) is 5.46. The first-order valence-corrected chi connectivity index (χ1v) is 7.88. The normalized spacial score (nSPS) is 10.8. The van der Waals surface area contributed by atoms with E-state index in [-0.39, 0.29) is 5.91 Å². The Morgan fingerprint density at radius 2 is 1.54 bits per heavy atom. The van der Waals surface area contributed by atoms with Gasteiger partial charge < -0.3 is 5.32 Å². The molecule has 5 nitrogen and oxygen atoms in total. The predicted octanol–water partition coefficient (Wildman–Crippen LogP) is 4.32. The van der Waals surface area contributed by atoms with Crippen molar-refractivity contribution in [2.24, 2.45) is 0 Å². The number of benzene rings is 2. The smallest absolute Gasteiger partial charge is 0.305 e. The number of nitrogens with zero attached hydrogens (tertiary/aromatic N) is 1. The molecule has 0 fully saturated rings. The van der Waals surface area contributed by atoms with E-state index in [2.05, 4.69) is 10.7 Å². The molecule has 0 aliphatic carbocycles. The van der Waals surface area contributed by atoms with Gasteiger partial charge in [-0.05, 0) is 45.0 Å². The number of para-hydroxylation sites is 1. The zero-order valence-corrected chi connectivity index (χ0v) is 14.6. The van der Waals surface area contributed by atoms with E-state index in [0.29, 0.717) is 16.3 Å². The molecular weight excluding hydrogens is 326 g/mol. The van der Waals surface area contributed by atoms with Crippen LogP contribution in [-0.4, -0.2) is 22.5 Å². The Hall–Kier alpha value is -2.53. The second-order valence-electron chi connectivity index (χ2n) is 6.22. The fourth-order valence-corrected chi connectivity index (χ4v) is 2.23. The van der Waals surface area contributed by atoms with Crippen molar-refractivity contribution in [1.29, 1.82) is 0 Å². The summed E-state index contributed by atoms with van der Waals surface area (Å²) < 4.78 is 0. The SMILES string of the molecule is CC(C)(C)N(NC(=O)Nc1ccccc1Cl)C(=O)c1ccccc1. The van der Waals surface area contributed by atoms with Crippen LogP contribution in [-0.2, 0) is 0 Å². The zero-order chi connectivity index (χ0) is 17.7. The summed E-state index contributed by atoms with van der Waals surface area (Å²) in [5.74, 6) is -0.294. The van der Waals surface area contributed by atoms with E-state index in [4.69, 9.17) is 11.6 Å². The predicted molar refractivity (Wildman–Crippen MR) is 96.0 cm³/mol. The summed E-state index contributed by atoms with van der Waals surface area (Å²) in [7, 11) is 0. The van der Waals surface area contributed by atoms with Gasteiger partial charge >= 0.3 is 6.03 Å². The van der Waals surface area contributed by atoms with Crippen molar-refractivity contribution in [3.63, 3.8) is 0 Å². The third-order valence-corrected chi connectivity index (χ3v) is 3.56. The molecule has 24 heavy (non-hydrogen) atoms. The molecule has 0 saturated heterocycles. The summed E-state index contributed by atoms with van der Waals surface area (Å²) in [6, 6.07) is 15.1. The monoisotopic (exact) mass is 345 g/mol. The summed E-state index contributed by atoms with van der Waals surface area (Å²) >= 11 is 6.03. The molecule has 3 amide bonds. The molecule has 0 radical (unpaired) electrons. The summed E-state index contributed by atoms with van der Waals surface area (Å²) in [5.41, 5.74) is 2.96. The van der Waals surface area contributed by atoms with Crippen LogP contribution in [0, 0.1) is 0 Å². The Morgan fingerprint density at radius 3 is 2.12 bits per heavy atom. The molecule has 2 aromatic carbocycles. The van der Waals surface area contributed by atoms with Crippen molar-refractivity contribution in [2.45, 2.75) is 26.3 Å². The van der Waals surface area contributed by atoms with Crippen LogP contribution in [0.25, 0.3) is 0 Å². The van der Waals surface area contributed by atoms with Gasteiger partial charge in [-0.1, -0.05) is 41.9 Å². The molecule has 0 bridgehead atoms. The van der Waals surface area contributed by atoms with E-state index in [1.807, 2.05) is 26.8 Å². The van der Waals surface area contributed by atoms with Crippen LogP contribution in [0.4, 0.5) is 10.5 Å². The number of urea groups is 1. The number of rotatable bonds is 2. The molecular formula is C18H20ClN3O2. The first-order chi connectivity index (χ1) is 11.3. The molecule has 0 spiro atoms. The molecule has 2 rings (SSSR count). The van der Waals surface area contributed by atoms with Crippen LogP contribution < -0.4 is 10.7 Å². The van der Waals surface area contributed by atoms with Crippen molar-refractivity contribution in [3.8, 4) is 0 Å². The highest BCUT2D eigenvalue weighted by atomic mass is 35.5. The first-order valence-electron chi connectivity index (χ1n) is 7.51. The van der Waals surface area contributed by atoms with Crippen LogP contribution in [0.5, 0.6) is 0 Å². The largest absolute Gasteiger partial charge is 0.338 e. The molecule has 0 heterocycles. The Balaban J connectivity index is 2.16. The topological polar surface area (TPSA) is 61.4 Å². The van der Waals surface area contributed by atoms with Crippen molar-refractivity contribution in [2.75, 3.05) is 5.32 Å². The lowest BCUT2D eigenvalue weighted by molar-refractivity contribution is 0.0460. The third-order valence-electron chi connectivity index (χ3n) is 3.23. The van der Waals surface area contributed by atoms with Gasteiger partial charge in [-0.3, -0.25) is 4.79 Å². The maximum Gasteiger partial charge on any atom is 0.338 e. The summed E-state index contributed by atoms with van der Waals surface area (Å²) in [6.07, 6.45) is 0. The van der Waals surface area contributed by atoms with Crippen molar-refractivity contribution in [3.05, 3.63) is 65.2 Å². The minimum Gasteiger partial charge on any atom is -0.305 e. The molecule has 126 valence electrons. The lowest BCUT2D eigenvalue weighted by Crippen LogP contribution is -2.56. The molecule has 0 aliphatic heterocycles. The highest BCUT2D eigenvalue weighted by Crippen LogP contribution is 2.21. The minimum atomic E-state index is -0.606. The summed E-state index contributed by atoms with van der Waals surface area (Å²) in [6.45, 7) is 5.51. The summed E-state index contributed by atoms with van der Waals surface area (Å²) in [4.78, 5) is 25.0. The highest BCUT2D eigenvalue weighted by molar-refractivity contribution is 6.33. The average molecular weight is 346 g/mol.